The second-order valence-corrected chi connectivity index (χ2v) is 13.0. The maximum Gasteiger partial charge on any atom is 0.244 e. The monoisotopic (exact) mass is 527 g/mol. The first kappa shape index (κ1) is 28.7. The predicted molar refractivity (Wildman–Crippen MR) is 149 cm³/mol. The second kappa shape index (κ2) is 12.1. The zero-order chi connectivity index (χ0) is 27.2. The number of nitrogens with zero attached hydrogens (tertiary/aromatic N) is 2. The molecule has 0 heterocycles. The van der Waals surface area contributed by atoms with Crippen molar-refractivity contribution >= 4 is 27.5 Å². The SMILES string of the molecule is C[C@H](C(=O)NC1CCCC1)N(CCc1ccccc1)C(=O)CN(c1ccc(C(C)(C)C)cc1)S(C)(=O)=O. The Bertz CT molecular complexity index is 1150. The van der Waals surface area contributed by atoms with E-state index in [4.69, 9.17) is 0 Å². The quantitative estimate of drug-likeness (QED) is 0.500. The highest BCUT2D eigenvalue weighted by Crippen LogP contribution is 2.26. The fourth-order valence-electron chi connectivity index (χ4n) is 4.70. The van der Waals surface area contributed by atoms with Crippen LogP contribution in [0.3, 0.4) is 0 Å². The summed E-state index contributed by atoms with van der Waals surface area (Å²) in [5.74, 6) is -0.607. The zero-order valence-electron chi connectivity index (χ0n) is 22.7. The molecule has 8 heteroatoms. The number of hydrogen-bond donors (Lipinski definition) is 1. The maximum atomic E-state index is 13.6. The van der Waals surface area contributed by atoms with Crippen molar-refractivity contribution in [2.45, 2.75) is 77.3 Å². The molecule has 3 rings (SSSR count). The number of anilines is 1. The van der Waals surface area contributed by atoms with Crippen molar-refractivity contribution in [3.63, 3.8) is 0 Å². The van der Waals surface area contributed by atoms with E-state index in [1.165, 1.54) is 4.90 Å². The van der Waals surface area contributed by atoms with Gasteiger partial charge >= 0.3 is 0 Å². The third kappa shape index (κ3) is 8.06. The lowest BCUT2D eigenvalue weighted by atomic mass is 9.87. The smallest absolute Gasteiger partial charge is 0.244 e. The van der Waals surface area contributed by atoms with Crippen LogP contribution in [0.4, 0.5) is 5.69 Å². The van der Waals surface area contributed by atoms with E-state index in [0.29, 0.717) is 18.7 Å². The van der Waals surface area contributed by atoms with E-state index in [9.17, 15) is 18.0 Å². The number of benzene rings is 2. The molecule has 0 aromatic heterocycles. The molecule has 0 unspecified atom stereocenters. The Kier molecular flexibility index (Phi) is 9.40. The van der Waals surface area contributed by atoms with Crippen LogP contribution in [0.2, 0.25) is 0 Å². The number of amides is 2. The van der Waals surface area contributed by atoms with Crippen molar-refractivity contribution in [3.05, 3.63) is 65.7 Å². The first-order valence-electron chi connectivity index (χ1n) is 13.1. The summed E-state index contributed by atoms with van der Waals surface area (Å²) in [5.41, 5.74) is 2.45. The first-order chi connectivity index (χ1) is 17.4. The van der Waals surface area contributed by atoms with Crippen LogP contribution in [0.15, 0.2) is 54.6 Å². The Morgan fingerprint density at radius 1 is 1.00 bits per heavy atom. The van der Waals surface area contributed by atoms with E-state index >= 15 is 0 Å². The average Bonchev–Trinajstić information content (AvgIpc) is 3.35. The van der Waals surface area contributed by atoms with Gasteiger partial charge < -0.3 is 10.2 Å². The molecule has 1 N–H and O–H groups in total. The summed E-state index contributed by atoms with van der Waals surface area (Å²) in [5, 5.41) is 3.08. The highest BCUT2D eigenvalue weighted by Gasteiger charge is 2.31. The topological polar surface area (TPSA) is 86.8 Å². The molecule has 1 fully saturated rings. The number of rotatable bonds is 10. The van der Waals surface area contributed by atoms with Gasteiger partial charge in [-0.1, -0.05) is 76.1 Å². The van der Waals surface area contributed by atoms with Crippen LogP contribution in [0, 0.1) is 0 Å². The summed E-state index contributed by atoms with van der Waals surface area (Å²) < 4.78 is 26.6. The molecule has 1 aliphatic carbocycles. The van der Waals surface area contributed by atoms with Gasteiger partial charge in [0, 0.05) is 12.6 Å². The van der Waals surface area contributed by atoms with Gasteiger partial charge in [0.1, 0.15) is 12.6 Å². The van der Waals surface area contributed by atoms with Gasteiger partial charge in [-0.15, -0.1) is 0 Å². The lowest BCUT2D eigenvalue weighted by Crippen LogP contribution is -2.53. The van der Waals surface area contributed by atoms with Crippen molar-refractivity contribution in [3.8, 4) is 0 Å². The van der Waals surface area contributed by atoms with Gasteiger partial charge in [-0.05, 0) is 54.9 Å². The zero-order valence-corrected chi connectivity index (χ0v) is 23.6. The van der Waals surface area contributed by atoms with Gasteiger partial charge in [0.25, 0.3) is 0 Å². The second-order valence-electron chi connectivity index (χ2n) is 11.1. The molecule has 37 heavy (non-hydrogen) atoms. The molecular weight excluding hydrogens is 486 g/mol. The number of carbonyl (C=O) groups is 2. The molecule has 0 radical (unpaired) electrons. The Morgan fingerprint density at radius 2 is 1.59 bits per heavy atom. The molecule has 1 atom stereocenters. The Labute approximate surface area is 222 Å². The minimum Gasteiger partial charge on any atom is -0.352 e. The van der Waals surface area contributed by atoms with Gasteiger partial charge in [0.15, 0.2) is 0 Å². The molecular formula is C29H41N3O4S. The normalized spacial score (nSPS) is 15.3. The molecule has 0 saturated heterocycles. The third-order valence-corrected chi connectivity index (χ3v) is 8.19. The van der Waals surface area contributed by atoms with Gasteiger partial charge in [-0.3, -0.25) is 13.9 Å². The lowest BCUT2D eigenvalue weighted by Gasteiger charge is -2.32. The average molecular weight is 528 g/mol. The third-order valence-electron chi connectivity index (χ3n) is 7.05. The van der Waals surface area contributed by atoms with Gasteiger partial charge in [-0.2, -0.15) is 0 Å². The summed E-state index contributed by atoms with van der Waals surface area (Å²) in [7, 11) is -3.74. The van der Waals surface area contributed by atoms with Crippen molar-refractivity contribution in [1.29, 1.82) is 0 Å². The van der Waals surface area contributed by atoms with Crippen molar-refractivity contribution in [2.24, 2.45) is 0 Å². The minimum atomic E-state index is -3.74. The molecule has 1 saturated carbocycles. The fourth-order valence-corrected chi connectivity index (χ4v) is 5.55. The largest absolute Gasteiger partial charge is 0.352 e. The van der Waals surface area contributed by atoms with E-state index in [1.54, 1.807) is 19.1 Å². The van der Waals surface area contributed by atoms with E-state index < -0.39 is 22.0 Å². The predicted octanol–water partition coefficient (Wildman–Crippen LogP) is 4.27. The number of hydrogen-bond acceptors (Lipinski definition) is 4. The summed E-state index contributed by atoms with van der Waals surface area (Å²) in [6.45, 7) is 7.91. The standard InChI is InChI=1S/C29H41N3O4S/c1-22(28(34)30-25-13-9-10-14-25)31(20-19-23-11-7-6-8-12-23)27(33)21-32(37(5,35)36)26-17-15-24(16-18-26)29(2,3)4/h6-8,11-12,15-18,22,25H,9-10,13-14,19-21H2,1-5H3,(H,30,34)/t22-/m1/s1. The van der Waals surface area contributed by atoms with E-state index in [0.717, 1.165) is 47.4 Å². The first-order valence-corrected chi connectivity index (χ1v) is 14.9. The highest BCUT2D eigenvalue weighted by atomic mass is 32.2. The highest BCUT2D eigenvalue weighted by molar-refractivity contribution is 7.92. The summed E-state index contributed by atoms with van der Waals surface area (Å²) >= 11 is 0. The number of sulfonamides is 1. The van der Waals surface area contributed by atoms with Crippen LogP contribution >= 0.6 is 0 Å². The molecule has 2 aromatic carbocycles. The molecule has 2 amide bonds. The Morgan fingerprint density at radius 3 is 2.14 bits per heavy atom. The molecule has 7 nitrogen and oxygen atoms in total. The molecule has 0 bridgehead atoms. The maximum absolute atomic E-state index is 13.6. The Hall–Kier alpha value is -2.87. The van der Waals surface area contributed by atoms with E-state index in [1.807, 2.05) is 42.5 Å². The van der Waals surface area contributed by atoms with Crippen molar-refractivity contribution < 1.29 is 18.0 Å². The van der Waals surface area contributed by atoms with E-state index in [2.05, 4.69) is 26.1 Å². The lowest BCUT2D eigenvalue weighted by molar-refractivity contribution is -0.139. The number of carbonyl (C=O) groups excluding carboxylic acids is 2. The molecule has 1 aliphatic rings. The Balaban J connectivity index is 1.83. The van der Waals surface area contributed by atoms with Crippen molar-refractivity contribution in [1.82, 2.24) is 10.2 Å². The number of nitrogens with one attached hydrogen (secondary N) is 1. The molecule has 2 aromatic rings. The van der Waals surface area contributed by atoms with Crippen molar-refractivity contribution in [2.75, 3.05) is 23.7 Å². The molecule has 202 valence electrons. The van der Waals surface area contributed by atoms with Crippen LogP contribution in [0.25, 0.3) is 0 Å². The fraction of sp³-hybridized carbons (Fsp3) is 0.517. The van der Waals surface area contributed by atoms with E-state index in [-0.39, 0.29) is 23.9 Å². The van der Waals surface area contributed by atoms with Crippen LogP contribution in [0.1, 0.15) is 64.5 Å². The van der Waals surface area contributed by atoms with Gasteiger partial charge in [0.05, 0.1) is 11.9 Å². The summed E-state index contributed by atoms with van der Waals surface area (Å²) in [4.78, 5) is 28.3. The summed E-state index contributed by atoms with van der Waals surface area (Å²) in [6, 6.07) is 16.4. The van der Waals surface area contributed by atoms with Gasteiger partial charge in [-0.25, -0.2) is 8.42 Å². The molecule has 0 aliphatic heterocycles. The van der Waals surface area contributed by atoms with Crippen LogP contribution in [0.5, 0.6) is 0 Å². The van der Waals surface area contributed by atoms with Gasteiger partial charge in [0.2, 0.25) is 21.8 Å². The van der Waals surface area contributed by atoms with Crippen LogP contribution < -0.4 is 9.62 Å². The van der Waals surface area contributed by atoms with Crippen LogP contribution in [-0.4, -0.2) is 56.6 Å². The summed E-state index contributed by atoms with van der Waals surface area (Å²) in [6.07, 6.45) is 5.74. The molecule has 0 spiro atoms. The van der Waals surface area contributed by atoms with Crippen LogP contribution in [-0.2, 0) is 31.4 Å². The minimum absolute atomic E-state index is 0.0827.